The highest BCUT2D eigenvalue weighted by atomic mass is 32.2. The second-order valence-electron chi connectivity index (χ2n) is 7.47. The van der Waals surface area contributed by atoms with Gasteiger partial charge in [-0.1, -0.05) is 97.3 Å². The van der Waals surface area contributed by atoms with Crippen molar-refractivity contribution in [3.63, 3.8) is 0 Å². The third-order valence-electron chi connectivity index (χ3n) is 5.05. The Morgan fingerprint density at radius 1 is 0.720 bits per heavy atom. The van der Waals surface area contributed by atoms with E-state index < -0.39 is 21.5 Å². The molecule has 0 radical (unpaired) electrons. The van der Waals surface area contributed by atoms with Crippen molar-refractivity contribution >= 4 is 10.1 Å². The van der Waals surface area contributed by atoms with Gasteiger partial charge in [-0.15, -0.1) is 0 Å². The molecular formula is C20H42O4S. The SMILES string of the molecule is CCCCCCCCCCCCCCCC(O)CC(CC)S(=O)(=O)O. The van der Waals surface area contributed by atoms with E-state index in [-0.39, 0.29) is 6.42 Å². The van der Waals surface area contributed by atoms with Gasteiger partial charge in [0.2, 0.25) is 0 Å². The van der Waals surface area contributed by atoms with E-state index in [0.717, 1.165) is 12.8 Å². The molecule has 0 rings (SSSR count). The van der Waals surface area contributed by atoms with Crippen molar-refractivity contribution in [3.05, 3.63) is 0 Å². The smallest absolute Gasteiger partial charge is 0.267 e. The molecule has 0 amide bonds. The molecule has 0 bridgehead atoms. The van der Waals surface area contributed by atoms with Crippen LogP contribution in [0.2, 0.25) is 0 Å². The van der Waals surface area contributed by atoms with E-state index in [1.165, 1.54) is 70.6 Å². The number of aliphatic hydroxyl groups excluding tert-OH is 1. The second kappa shape index (κ2) is 16.1. The van der Waals surface area contributed by atoms with Crippen molar-refractivity contribution in [1.29, 1.82) is 0 Å². The minimum Gasteiger partial charge on any atom is -0.393 e. The lowest BCUT2D eigenvalue weighted by Gasteiger charge is -2.16. The Hall–Kier alpha value is -0.130. The summed E-state index contributed by atoms with van der Waals surface area (Å²) in [6.07, 6.45) is 17.2. The average Bonchev–Trinajstić information content (AvgIpc) is 2.55. The maximum Gasteiger partial charge on any atom is 0.267 e. The van der Waals surface area contributed by atoms with E-state index in [9.17, 15) is 13.5 Å². The van der Waals surface area contributed by atoms with Crippen LogP contribution in [0.15, 0.2) is 0 Å². The quantitative estimate of drug-likeness (QED) is 0.230. The van der Waals surface area contributed by atoms with Gasteiger partial charge in [0.1, 0.15) is 0 Å². The largest absolute Gasteiger partial charge is 0.393 e. The van der Waals surface area contributed by atoms with E-state index in [0.29, 0.717) is 12.8 Å². The summed E-state index contributed by atoms with van der Waals surface area (Å²) in [6, 6.07) is 0. The topological polar surface area (TPSA) is 74.6 Å². The molecule has 4 nitrogen and oxygen atoms in total. The van der Waals surface area contributed by atoms with Gasteiger partial charge >= 0.3 is 0 Å². The summed E-state index contributed by atoms with van der Waals surface area (Å²) in [5.41, 5.74) is 0. The van der Waals surface area contributed by atoms with Gasteiger partial charge in [-0.2, -0.15) is 8.42 Å². The molecule has 2 unspecified atom stereocenters. The van der Waals surface area contributed by atoms with Gasteiger partial charge in [0, 0.05) is 0 Å². The number of aliphatic hydroxyl groups is 1. The fourth-order valence-electron chi connectivity index (χ4n) is 3.32. The first kappa shape index (κ1) is 24.9. The number of hydrogen-bond acceptors (Lipinski definition) is 3. The van der Waals surface area contributed by atoms with Crippen LogP contribution in [0.5, 0.6) is 0 Å². The van der Waals surface area contributed by atoms with Crippen LogP contribution in [0, 0.1) is 0 Å². The van der Waals surface area contributed by atoms with E-state index in [2.05, 4.69) is 6.92 Å². The molecule has 0 heterocycles. The summed E-state index contributed by atoms with van der Waals surface area (Å²) in [7, 11) is -4.03. The normalized spacial score (nSPS) is 14.6. The predicted molar refractivity (Wildman–Crippen MR) is 107 cm³/mol. The number of rotatable bonds is 18. The van der Waals surface area contributed by atoms with E-state index in [1.807, 2.05) is 0 Å². The van der Waals surface area contributed by atoms with E-state index in [1.54, 1.807) is 6.92 Å². The highest BCUT2D eigenvalue weighted by Crippen LogP contribution is 2.17. The van der Waals surface area contributed by atoms with Crippen LogP contribution in [0.1, 0.15) is 117 Å². The zero-order valence-corrected chi connectivity index (χ0v) is 17.4. The summed E-state index contributed by atoms with van der Waals surface area (Å²) >= 11 is 0. The monoisotopic (exact) mass is 378 g/mol. The van der Waals surface area contributed by atoms with Gasteiger partial charge in [0.15, 0.2) is 0 Å². The van der Waals surface area contributed by atoms with Crippen LogP contribution in [0.4, 0.5) is 0 Å². The summed E-state index contributed by atoms with van der Waals surface area (Å²) in [6.45, 7) is 3.97. The fourth-order valence-corrected chi connectivity index (χ4v) is 4.20. The highest BCUT2D eigenvalue weighted by molar-refractivity contribution is 7.86. The third-order valence-corrected chi connectivity index (χ3v) is 6.42. The molecule has 25 heavy (non-hydrogen) atoms. The fraction of sp³-hybridized carbons (Fsp3) is 1.00. The van der Waals surface area contributed by atoms with Crippen molar-refractivity contribution < 1.29 is 18.1 Å². The molecule has 0 saturated heterocycles. The van der Waals surface area contributed by atoms with Crippen molar-refractivity contribution in [2.75, 3.05) is 0 Å². The zero-order valence-electron chi connectivity index (χ0n) is 16.6. The first-order chi connectivity index (χ1) is 11.9. The van der Waals surface area contributed by atoms with Crippen molar-refractivity contribution in [2.45, 2.75) is 128 Å². The molecule has 2 atom stereocenters. The number of unbranched alkanes of at least 4 members (excludes halogenated alkanes) is 12. The lowest BCUT2D eigenvalue weighted by molar-refractivity contribution is 0.147. The maximum atomic E-state index is 11.1. The van der Waals surface area contributed by atoms with Gasteiger partial charge in [-0.3, -0.25) is 4.55 Å². The number of hydrogen-bond donors (Lipinski definition) is 2. The highest BCUT2D eigenvalue weighted by Gasteiger charge is 2.23. The van der Waals surface area contributed by atoms with Gasteiger partial charge in [0.25, 0.3) is 10.1 Å². The zero-order chi connectivity index (χ0) is 19.0. The maximum absolute atomic E-state index is 11.1. The van der Waals surface area contributed by atoms with E-state index in [4.69, 9.17) is 4.55 Å². The Kier molecular flexibility index (Phi) is 16.0. The van der Waals surface area contributed by atoms with Gasteiger partial charge in [0.05, 0.1) is 11.4 Å². The lowest BCUT2D eigenvalue weighted by atomic mass is 10.0. The molecule has 0 aliphatic rings. The third kappa shape index (κ3) is 15.8. The Labute approximate surface area is 156 Å². The van der Waals surface area contributed by atoms with Crippen LogP contribution in [-0.2, 0) is 10.1 Å². The molecule has 0 aliphatic carbocycles. The standard InChI is InChI=1S/C20H42O4S/c1-3-5-6-7-8-9-10-11-12-13-14-15-16-17-19(21)18-20(4-2)25(22,23)24/h19-21H,3-18H2,1-2H3,(H,22,23,24). The summed E-state index contributed by atoms with van der Waals surface area (Å²) in [5, 5.41) is 9.09. The Morgan fingerprint density at radius 3 is 1.48 bits per heavy atom. The molecule has 0 fully saturated rings. The van der Waals surface area contributed by atoms with Crippen LogP contribution in [-0.4, -0.2) is 29.4 Å². The van der Waals surface area contributed by atoms with Crippen molar-refractivity contribution in [1.82, 2.24) is 0 Å². The Bertz CT molecular complexity index is 381. The molecule has 0 aromatic rings. The average molecular weight is 379 g/mol. The van der Waals surface area contributed by atoms with Gasteiger partial charge in [-0.25, -0.2) is 0 Å². The van der Waals surface area contributed by atoms with E-state index >= 15 is 0 Å². The van der Waals surface area contributed by atoms with Crippen LogP contribution in [0.3, 0.4) is 0 Å². The minimum absolute atomic E-state index is 0.146. The van der Waals surface area contributed by atoms with Crippen molar-refractivity contribution in [3.8, 4) is 0 Å². The molecule has 0 aromatic heterocycles. The molecule has 2 N–H and O–H groups in total. The molecule has 0 aliphatic heterocycles. The Morgan fingerprint density at radius 2 is 1.12 bits per heavy atom. The molecule has 0 aromatic carbocycles. The first-order valence-corrected chi connectivity index (χ1v) is 12.1. The summed E-state index contributed by atoms with van der Waals surface area (Å²) < 4.78 is 31.3. The van der Waals surface area contributed by atoms with Gasteiger partial charge in [-0.05, 0) is 19.3 Å². The van der Waals surface area contributed by atoms with Crippen LogP contribution >= 0.6 is 0 Å². The molecular weight excluding hydrogens is 336 g/mol. The molecule has 5 heteroatoms. The van der Waals surface area contributed by atoms with Crippen LogP contribution < -0.4 is 0 Å². The van der Waals surface area contributed by atoms with Crippen molar-refractivity contribution in [2.24, 2.45) is 0 Å². The first-order valence-electron chi connectivity index (χ1n) is 10.6. The second-order valence-corrected chi connectivity index (χ2v) is 9.16. The lowest BCUT2D eigenvalue weighted by Crippen LogP contribution is -2.25. The molecule has 152 valence electrons. The molecule has 0 spiro atoms. The summed E-state index contributed by atoms with van der Waals surface area (Å²) in [4.78, 5) is 0. The predicted octanol–water partition coefficient (Wildman–Crippen LogP) is 5.89. The van der Waals surface area contributed by atoms with Gasteiger partial charge < -0.3 is 5.11 Å². The summed E-state index contributed by atoms with van der Waals surface area (Å²) in [5.74, 6) is 0. The molecule has 0 saturated carbocycles. The Balaban J connectivity index is 3.40. The van der Waals surface area contributed by atoms with Crippen LogP contribution in [0.25, 0.3) is 0 Å². The minimum atomic E-state index is -4.03.